The molecule has 0 amide bonds. The van der Waals surface area contributed by atoms with Gasteiger partial charge in [-0.15, -0.1) is 0 Å². The minimum absolute atomic E-state index is 0.590. The monoisotopic (exact) mass is 189 g/mol. The van der Waals surface area contributed by atoms with Crippen molar-refractivity contribution in [2.24, 2.45) is 0 Å². The van der Waals surface area contributed by atoms with Crippen molar-refractivity contribution in [3.63, 3.8) is 0 Å². The third kappa shape index (κ3) is 1.90. The van der Waals surface area contributed by atoms with E-state index in [4.69, 9.17) is 5.39 Å². The molecule has 2 saturated heterocycles. The van der Waals surface area contributed by atoms with Crippen LogP contribution in [0.1, 0.15) is 0 Å². The lowest BCUT2D eigenvalue weighted by molar-refractivity contribution is -0.189. The van der Waals surface area contributed by atoms with Crippen LogP contribution in [-0.4, -0.2) is 36.2 Å². The first kappa shape index (κ1) is 9.13. The summed E-state index contributed by atoms with van der Waals surface area (Å²) in [5, 5.41) is 12.9. The second-order valence-electron chi connectivity index (χ2n) is 3.34. The third-order valence-corrected chi connectivity index (χ3v) is 2.50. The fraction of sp³-hybridized carbons (Fsp3) is 0.400. The van der Waals surface area contributed by atoms with Gasteiger partial charge in [-0.05, 0) is 0 Å². The van der Waals surface area contributed by atoms with Crippen LogP contribution in [0.15, 0.2) is 30.3 Å². The van der Waals surface area contributed by atoms with Gasteiger partial charge in [-0.2, -0.15) is 0 Å². The molecule has 2 aliphatic heterocycles. The summed E-state index contributed by atoms with van der Waals surface area (Å²) in [6, 6.07) is 8.94. The third-order valence-electron chi connectivity index (χ3n) is 2.50. The molecule has 0 atom stereocenters. The Labute approximate surface area is 83.3 Å². The molecule has 1 aromatic rings. The molecule has 0 N–H and O–H groups in total. The van der Waals surface area contributed by atoms with E-state index >= 15 is 0 Å². The number of benzene rings is 1. The van der Waals surface area contributed by atoms with Crippen molar-refractivity contribution in [3.8, 4) is 0 Å². The van der Waals surface area contributed by atoms with Crippen LogP contribution in [0, 0.1) is 5.39 Å². The van der Waals surface area contributed by atoms with E-state index in [0.717, 1.165) is 0 Å². The number of fused-ring (bicyclic) bond motifs is 1. The van der Waals surface area contributed by atoms with E-state index in [0.29, 0.717) is 5.69 Å². The van der Waals surface area contributed by atoms with E-state index < -0.39 is 0 Å². The van der Waals surface area contributed by atoms with Gasteiger partial charge in [0, 0.05) is 38.3 Å². The van der Waals surface area contributed by atoms with Crippen LogP contribution in [0.25, 0.3) is 4.98 Å². The summed E-state index contributed by atoms with van der Waals surface area (Å²) in [5.74, 6) is 0. The van der Waals surface area contributed by atoms with E-state index in [-0.39, 0.29) is 0 Å². The van der Waals surface area contributed by atoms with E-state index in [1.165, 1.54) is 26.2 Å². The highest BCUT2D eigenvalue weighted by atomic mass is 15.7. The van der Waals surface area contributed by atoms with Gasteiger partial charge in [0.1, 0.15) is 0 Å². The minimum atomic E-state index is 0.590. The number of hydrogen-bond acceptors (Lipinski definition) is 3. The van der Waals surface area contributed by atoms with Crippen LogP contribution in [0.4, 0.5) is 5.69 Å². The van der Waals surface area contributed by atoms with Crippen molar-refractivity contribution >= 4 is 5.69 Å². The second-order valence-corrected chi connectivity index (χ2v) is 3.34. The van der Waals surface area contributed by atoms with Gasteiger partial charge in [-0.25, -0.2) is 10.0 Å². The average Bonchev–Trinajstić information content (AvgIpc) is 2.25. The quantitative estimate of drug-likeness (QED) is 0.583. The van der Waals surface area contributed by atoms with Crippen LogP contribution < -0.4 is 0 Å². The van der Waals surface area contributed by atoms with Crippen LogP contribution in [-0.2, 0) is 0 Å². The molecule has 0 saturated carbocycles. The minimum Gasteiger partial charge on any atom is -0.239 e. The Morgan fingerprint density at radius 3 is 1.64 bits per heavy atom. The highest BCUT2D eigenvalue weighted by Crippen LogP contribution is 2.16. The number of rotatable bonds is 0. The van der Waals surface area contributed by atoms with Gasteiger partial charge >= 0.3 is 5.69 Å². The topological polar surface area (TPSA) is 34.6 Å². The molecule has 0 radical (unpaired) electrons. The maximum absolute atomic E-state index is 8.16. The van der Waals surface area contributed by atoms with Crippen LogP contribution in [0.2, 0.25) is 0 Å². The Kier molecular flexibility index (Phi) is 2.73. The van der Waals surface area contributed by atoms with Crippen molar-refractivity contribution in [2.75, 3.05) is 26.2 Å². The molecular formula is C10H13N4+. The lowest BCUT2D eigenvalue weighted by Gasteiger charge is -2.52. The number of hydrazine groups is 1. The predicted octanol–water partition coefficient (Wildman–Crippen LogP) is 1.70. The number of piperazine rings is 1. The molecule has 4 heteroatoms. The average molecular weight is 189 g/mol. The Balaban J connectivity index is 0.000000110. The van der Waals surface area contributed by atoms with Gasteiger partial charge in [0.05, 0.1) is 0 Å². The van der Waals surface area contributed by atoms with Crippen molar-refractivity contribution in [1.29, 1.82) is 5.39 Å². The molecule has 0 spiro atoms. The molecule has 2 heterocycles. The zero-order valence-corrected chi connectivity index (χ0v) is 8.00. The molecule has 0 aliphatic carbocycles. The normalized spacial score (nSPS) is 19.1. The molecular weight excluding hydrogens is 176 g/mol. The summed E-state index contributed by atoms with van der Waals surface area (Å²) < 4.78 is 0. The highest BCUT2D eigenvalue weighted by Gasteiger charge is 2.32. The highest BCUT2D eigenvalue weighted by molar-refractivity contribution is 5.42. The van der Waals surface area contributed by atoms with E-state index in [2.05, 4.69) is 15.0 Å². The first-order chi connectivity index (χ1) is 6.90. The zero-order chi connectivity index (χ0) is 9.80. The van der Waals surface area contributed by atoms with Gasteiger partial charge in [0.25, 0.3) is 0 Å². The molecule has 14 heavy (non-hydrogen) atoms. The zero-order valence-electron chi connectivity index (χ0n) is 8.00. The summed E-state index contributed by atoms with van der Waals surface area (Å²) >= 11 is 0. The lowest BCUT2D eigenvalue weighted by atomic mass is 10.3. The Morgan fingerprint density at radius 1 is 0.929 bits per heavy atom. The molecule has 0 bridgehead atoms. The molecule has 2 aliphatic rings. The maximum Gasteiger partial charge on any atom is 0.385 e. The van der Waals surface area contributed by atoms with Gasteiger partial charge in [-0.1, -0.05) is 18.2 Å². The number of nitrogens with zero attached hydrogens (tertiary/aromatic N) is 4. The summed E-state index contributed by atoms with van der Waals surface area (Å²) in [7, 11) is 0. The van der Waals surface area contributed by atoms with Gasteiger partial charge in [-0.3, -0.25) is 0 Å². The maximum atomic E-state index is 8.16. The summed E-state index contributed by atoms with van der Waals surface area (Å²) in [6.45, 7) is 5.28. The van der Waals surface area contributed by atoms with Crippen molar-refractivity contribution in [1.82, 2.24) is 10.0 Å². The smallest absolute Gasteiger partial charge is 0.239 e. The van der Waals surface area contributed by atoms with E-state index in [1.54, 1.807) is 12.1 Å². The van der Waals surface area contributed by atoms with Gasteiger partial charge in [0.15, 0.2) is 4.98 Å². The Hall–Kier alpha value is -1.44. The fourth-order valence-corrected chi connectivity index (χ4v) is 1.48. The van der Waals surface area contributed by atoms with Crippen molar-refractivity contribution in [3.05, 3.63) is 35.3 Å². The standard InChI is InChI=1S/C6H5N2.C4H8N2/c7-8-6-4-2-1-3-5-6;1-2-6-4-3-5(1)6/h1-5H;1-4H2/q+1;. The molecule has 72 valence electrons. The molecule has 3 rings (SSSR count). The van der Waals surface area contributed by atoms with Crippen LogP contribution in [0.3, 0.4) is 0 Å². The lowest BCUT2D eigenvalue weighted by Crippen LogP contribution is -2.68. The molecule has 4 nitrogen and oxygen atoms in total. The van der Waals surface area contributed by atoms with E-state index in [1.807, 2.05) is 18.2 Å². The predicted molar refractivity (Wildman–Crippen MR) is 54.3 cm³/mol. The molecule has 0 unspecified atom stereocenters. The fourth-order valence-electron chi connectivity index (χ4n) is 1.48. The van der Waals surface area contributed by atoms with Gasteiger partial charge in [0.2, 0.25) is 5.39 Å². The number of hydrogen-bond donors (Lipinski definition) is 0. The van der Waals surface area contributed by atoms with Crippen molar-refractivity contribution in [2.45, 2.75) is 0 Å². The Morgan fingerprint density at radius 2 is 1.43 bits per heavy atom. The summed E-state index contributed by atoms with van der Waals surface area (Å²) in [6.07, 6.45) is 0. The molecule has 1 aromatic carbocycles. The van der Waals surface area contributed by atoms with E-state index in [9.17, 15) is 0 Å². The largest absolute Gasteiger partial charge is 0.385 e. The molecule has 0 aromatic heterocycles. The summed E-state index contributed by atoms with van der Waals surface area (Å²) in [4.78, 5) is 2.97. The second kappa shape index (κ2) is 4.18. The SMILES string of the molecule is C1CN2CCN12.N#[N+]c1ccccc1. The summed E-state index contributed by atoms with van der Waals surface area (Å²) in [5.41, 5.74) is 0.590. The van der Waals surface area contributed by atoms with Crippen LogP contribution in [0.5, 0.6) is 0 Å². The van der Waals surface area contributed by atoms with Crippen LogP contribution >= 0.6 is 0 Å². The Bertz CT molecular complexity index is 312. The number of diazo groups is 1. The first-order valence-corrected chi connectivity index (χ1v) is 4.80. The first-order valence-electron chi connectivity index (χ1n) is 4.80. The van der Waals surface area contributed by atoms with Crippen molar-refractivity contribution < 1.29 is 0 Å². The van der Waals surface area contributed by atoms with Gasteiger partial charge < -0.3 is 0 Å². The molecule has 2 fully saturated rings.